The van der Waals surface area contributed by atoms with E-state index in [9.17, 15) is 0 Å². The maximum Gasteiger partial charge on any atom is 0.191 e. The van der Waals surface area contributed by atoms with E-state index < -0.39 is 3.79 Å². The van der Waals surface area contributed by atoms with Crippen molar-refractivity contribution in [1.29, 1.82) is 0 Å². The third-order valence-electron chi connectivity index (χ3n) is 0.869. The zero-order valence-electron chi connectivity index (χ0n) is 6.44. The summed E-state index contributed by atoms with van der Waals surface area (Å²) >= 11 is 16.8. The third-order valence-corrected chi connectivity index (χ3v) is 4.30. The van der Waals surface area contributed by atoms with Crippen molar-refractivity contribution >= 4 is 56.4 Å². The minimum absolute atomic E-state index is 0.396. The molecule has 0 spiro atoms. The molecule has 0 unspecified atom stereocenters. The van der Waals surface area contributed by atoms with Gasteiger partial charge < -0.3 is 0 Å². The molecule has 0 nitrogen and oxygen atoms in total. The molecule has 5 heteroatoms. The number of hydrogen-bond donors (Lipinski definition) is 0. The van der Waals surface area contributed by atoms with Crippen LogP contribution in [0.3, 0.4) is 0 Å². The number of halogens is 3. The van der Waals surface area contributed by atoms with Gasteiger partial charge in [0, 0.05) is 17.4 Å². The highest BCUT2D eigenvalue weighted by atomic mass is 35.6. The van der Waals surface area contributed by atoms with Gasteiger partial charge in [0.2, 0.25) is 0 Å². The van der Waals surface area contributed by atoms with Gasteiger partial charge in [-0.05, 0) is 0 Å². The van der Waals surface area contributed by atoms with Crippen molar-refractivity contribution in [2.24, 2.45) is 0 Å². The van der Waals surface area contributed by atoms with Gasteiger partial charge in [0.15, 0.2) is 3.79 Å². The molecule has 0 fully saturated rings. The number of alkyl halides is 3. The van der Waals surface area contributed by atoms with Gasteiger partial charge in [0.1, 0.15) is 0 Å². The summed E-state index contributed by atoms with van der Waals surface area (Å²) in [4.78, 5) is 0. The molecular weight excluding hydrogens is 243 g/mol. The zero-order valence-corrected chi connectivity index (χ0v) is 10.3. The van der Waals surface area contributed by atoms with Crippen LogP contribution < -0.4 is 0 Å². The Hall–Kier alpha value is 1.57. The highest BCUT2D eigenvalue weighted by Crippen LogP contribution is 2.38. The van der Waals surface area contributed by atoms with Gasteiger partial charge in [-0.1, -0.05) is 70.2 Å². The van der Waals surface area contributed by atoms with Crippen molar-refractivity contribution in [3.05, 3.63) is 0 Å². The van der Waals surface area contributed by atoms with Gasteiger partial charge in [0.25, 0.3) is 0 Å². The first kappa shape index (κ1) is 12.6. The summed E-state index contributed by atoms with van der Waals surface area (Å²) in [7, 11) is 3.56. The summed E-state index contributed by atoms with van der Waals surface area (Å²) in [5, 5.41) is 0.396. The molecule has 0 saturated heterocycles. The summed E-state index contributed by atoms with van der Waals surface area (Å²) in [6, 6.07) is 0. The van der Waals surface area contributed by atoms with Gasteiger partial charge in [0.05, 0.1) is 0 Å². The fourth-order valence-corrected chi connectivity index (χ4v) is 3.51. The Labute approximate surface area is 91.1 Å². The van der Waals surface area contributed by atoms with Gasteiger partial charge in [-0.3, -0.25) is 0 Å². The van der Waals surface area contributed by atoms with Crippen LogP contribution in [0.1, 0.15) is 20.3 Å². The van der Waals surface area contributed by atoms with Crippen molar-refractivity contribution in [3.63, 3.8) is 0 Å². The molecular formula is C6H11Cl3S2. The summed E-state index contributed by atoms with van der Waals surface area (Å²) in [5.41, 5.74) is 0. The Bertz CT molecular complexity index is 102. The molecule has 0 saturated carbocycles. The van der Waals surface area contributed by atoms with Crippen LogP contribution in [-0.2, 0) is 0 Å². The summed E-state index contributed by atoms with van der Waals surface area (Å²) < 4.78 is -1.10. The molecule has 0 aliphatic heterocycles. The minimum atomic E-state index is -1.10. The molecule has 0 aromatic carbocycles. The molecule has 0 aromatic rings. The van der Waals surface area contributed by atoms with Crippen LogP contribution in [-0.4, -0.2) is 14.8 Å². The summed E-state index contributed by atoms with van der Waals surface area (Å²) in [6.07, 6.45) is 0.606. The van der Waals surface area contributed by atoms with Crippen LogP contribution in [0.15, 0.2) is 0 Å². The predicted octanol–water partition coefficient (Wildman–Crippen LogP) is 4.54. The molecule has 0 aliphatic rings. The maximum atomic E-state index is 5.62. The minimum Gasteiger partial charge on any atom is -0.0942 e. The monoisotopic (exact) mass is 252 g/mol. The SMILES string of the molecule is CCSS[C@@H](C)CC(Cl)(Cl)Cl. The van der Waals surface area contributed by atoms with Crippen LogP contribution >= 0.6 is 56.4 Å². The summed E-state index contributed by atoms with van der Waals surface area (Å²) in [5.74, 6) is 1.09. The van der Waals surface area contributed by atoms with Crippen LogP contribution in [0.25, 0.3) is 0 Å². The van der Waals surface area contributed by atoms with E-state index in [1.54, 1.807) is 21.6 Å². The van der Waals surface area contributed by atoms with Crippen molar-refractivity contribution < 1.29 is 0 Å². The molecule has 0 radical (unpaired) electrons. The smallest absolute Gasteiger partial charge is 0.0942 e. The molecule has 11 heavy (non-hydrogen) atoms. The van der Waals surface area contributed by atoms with Crippen molar-refractivity contribution in [3.8, 4) is 0 Å². The standard InChI is InChI=1S/C6H11Cl3S2/c1-3-10-11-5(2)4-6(7,8)9/h5H,3-4H2,1-2H3/t5-/m0/s1. The first-order chi connectivity index (χ1) is 4.95. The Kier molecular flexibility index (Phi) is 6.96. The van der Waals surface area contributed by atoms with Crippen LogP contribution in [0.4, 0.5) is 0 Å². The van der Waals surface area contributed by atoms with E-state index in [-0.39, 0.29) is 0 Å². The lowest BCUT2D eigenvalue weighted by Crippen LogP contribution is -2.09. The Morgan fingerprint density at radius 2 is 1.91 bits per heavy atom. The third kappa shape index (κ3) is 9.48. The van der Waals surface area contributed by atoms with E-state index >= 15 is 0 Å². The molecule has 0 rings (SSSR count). The molecule has 0 N–H and O–H groups in total. The van der Waals surface area contributed by atoms with Gasteiger partial charge >= 0.3 is 0 Å². The second-order valence-corrected chi connectivity index (χ2v) is 7.74. The van der Waals surface area contributed by atoms with Gasteiger partial charge in [-0.15, -0.1) is 0 Å². The molecule has 0 aliphatic carbocycles. The fourth-order valence-electron chi connectivity index (χ4n) is 0.544. The lowest BCUT2D eigenvalue weighted by Gasteiger charge is -2.15. The second-order valence-electron chi connectivity index (χ2n) is 2.13. The van der Waals surface area contributed by atoms with E-state index in [0.29, 0.717) is 11.7 Å². The highest BCUT2D eigenvalue weighted by Gasteiger charge is 2.23. The van der Waals surface area contributed by atoms with E-state index in [4.69, 9.17) is 34.8 Å². The van der Waals surface area contributed by atoms with E-state index in [1.807, 2.05) is 0 Å². The molecule has 0 amide bonds. The lowest BCUT2D eigenvalue weighted by molar-refractivity contribution is 0.845. The lowest BCUT2D eigenvalue weighted by atomic mass is 10.4. The topological polar surface area (TPSA) is 0 Å². The summed E-state index contributed by atoms with van der Waals surface area (Å²) in [6.45, 7) is 4.18. The normalized spacial score (nSPS) is 15.0. The highest BCUT2D eigenvalue weighted by molar-refractivity contribution is 8.76. The number of hydrogen-bond acceptors (Lipinski definition) is 2. The first-order valence-corrected chi connectivity index (χ1v) is 6.82. The molecule has 1 atom stereocenters. The Morgan fingerprint density at radius 1 is 1.36 bits per heavy atom. The van der Waals surface area contributed by atoms with Crippen molar-refractivity contribution in [2.45, 2.75) is 29.3 Å². The van der Waals surface area contributed by atoms with Crippen LogP contribution in [0.5, 0.6) is 0 Å². The average molecular weight is 254 g/mol. The van der Waals surface area contributed by atoms with Crippen LogP contribution in [0.2, 0.25) is 0 Å². The van der Waals surface area contributed by atoms with E-state index in [0.717, 1.165) is 5.75 Å². The van der Waals surface area contributed by atoms with Gasteiger partial charge in [-0.25, -0.2) is 0 Å². The van der Waals surface area contributed by atoms with Gasteiger partial charge in [-0.2, -0.15) is 0 Å². The van der Waals surface area contributed by atoms with Crippen molar-refractivity contribution in [2.75, 3.05) is 5.75 Å². The average Bonchev–Trinajstić information content (AvgIpc) is 1.79. The van der Waals surface area contributed by atoms with E-state index in [2.05, 4.69) is 13.8 Å². The van der Waals surface area contributed by atoms with Crippen LogP contribution in [0, 0.1) is 0 Å². The molecule has 0 heterocycles. The number of rotatable bonds is 4. The fraction of sp³-hybridized carbons (Fsp3) is 1.00. The molecule has 68 valence electrons. The first-order valence-electron chi connectivity index (χ1n) is 3.30. The maximum absolute atomic E-state index is 5.62. The second kappa shape index (κ2) is 6.09. The van der Waals surface area contributed by atoms with E-state index in [1.165, 1.54) is 0 Å². The quantitative estimate of drug-likeness (QED) is 0.533. The largest absolute Gasteiger partial charge is 0.191 e. The molecule has 0 aromatic heterocycles. The zero-order chi connectivity index (χ0) is 8.91. The Balaban J connectivity index is 3.44. The predicted molar refractivity (Wildman–Crippen MR) is 60.1 cm³/mol. The Morgan fingerprint density at radius 3 is 2.27 bits per heavy atom. The van der Waals surface area contributed by atoms with Crippen molar-refractivity contribution in [1.82, 2.24) is 0 Å². The molecule has 0 bridgehead atoms.